The number of hydrogen-bond acceptors (Lipinski definition) is 5. The first kappa shape index (κ1) is 20.1. The minimum Gasteiger partial charge on any atom is -0.398 e. The highest BCUT2D eigenvalue weighted by atomic mass is 16.5. The average Bonchev–Trinajstić information content (AvgIpc) is 3.19. The van der Waals surface area contributed by atoms with E-state index in [9.17, 15) is 4.79 Å². The normalized spacial score (nSPS) is 15.4. The molecule has 0 aliphatic carbocycles. The zero-order valence-electron chi connectivity index (χ0n) is 17.1. The summed E-state index contributed by atoms with van der Waals surface area (Å²) in [6.07, 6.45) is 2.57. The number of nitrogens with two attached hydrogens (primary N) is 1. The molecule has 0 spiro atoms. The summed E-state index contributed by atoms with van der Waals surface area (Å²) < 4.78 is 5.42. The lowest BCUT2D eigenvalue weighted by Crippen LogP contribution is -2.35. The Labute approximate surface area is 175 Å². The highest BCUT2D eigenvalue weighted by molar-refractivity contribution is 6.16. The number of aromatic nitrogens is 1. The van der Waals surface area contributed by atoms with Crippen LogP contribution in [0, 0.1) is 5.41 Å². The molecule has 4 N–H and O–H groups in total. The van der Waals surface area contributed by atoms with Crippen molar-refractivity contribution in [2.24, 2.45) is 0 Å². The van der Waals surface area contributed by atoms with Gasteiger partial charge in [0.15, 0.2) is 0 Å². The summed E-state index contributed by atoms with van der Waals surface area (Å²) in [7, 11) is 0. The monoisotopic (exact) mass is 402 g/mol. The highest BCUT2D eigenvalue weighted by Crippen LogP contribution is 2.25. The lowest BCUT2D eigenvalue weighted by Gasteiger charge is -2.26. The number of carbonyl (C=O) groups is 1. The van der Waals surface area contributed by atoms with Gasteiger partial charge in [0.2, 0.25) is 0 Å². The third-order valence-electron chi connectivity index (χ3n) is 5.56. The first-order valence-corrected chi connectivity index (χ1v) is 10.1. The van der Waals surface area contributed by atoms with Crippen molar-refractivity contribution < 1.29 is 9.53 Å². The Morgan fingerprint density at radius 2 is 2.00 bits per heavy atom. The average molecular weight is 402 g/mol. The maximum absolute atomic E-state index is 11.3. The van der Waals surface area contributed by atoms with E-state index in [1.165, 1.54) is 5.56 Å². The number of H-pyrrole nitrogens is 1. The van der Waals surface area contributed by atoms with E-state index in [2.05, 4.69) is 28.1 Å². The van der Waals surface area contributed by atoms with Crippen LogP contribution in [0.2, 0.25) is 0 Å². The highest BCUT2D eigenvalue weighted by Gasteiger charge is 2.15. The number of benzene rings is 2. The van der Waals surface area contributed by atoms with E-state index in [1.54, 1.807) is 24.3 Å². The molecule has 30 heavy (non-hydrogen) atoms. The molecule has 1 fully saturated rings. The van der Waals surface area contributed by atoms with Crippen molar-refractivity contribution in [3.8, 4) is 0 Å². The first-order chi connectivity index (χ1) is 14.6. The summed E-state index contributed by atoms with van der Waals surface area (Å²) in [4.78, 5) is 17.0. The Hall–Kier alpha value is -3.22. The van der Waals surface area contributed by atoms with E-state index >= 15 is 0 Å². The smallest absolute Gasteiger partial charge is 0.150 e. The van der Waals surface area contributed by atoms with E-state index in [-0.39, 0.29) is 0 Å². The summed E-state index contributed by atoms with van der Waals surface area (Å²) in [5.74, 6) is 0. The van der Waals surface area contributed by atoms with E-state index in [0.717, 1.165) is 55.6 Å². The lowest BCUT2D eigenvalue weighted by atomic mass is 9.98. The molecule has 4 rings (SSSR count). The van der Waals surface area contributed by atoms with Crippen LogP contribution in [-0.4, -0.2) is 48.2 Å². The van der Waals surface area contributed by atoms with Gasteiger partial charge in [0.25, 0.3) is 0 Å². The van der Waals surface area contributed by atoms with Gasteiger partial charge in [-0.05, 0) is 48.4 Å². The number of ether oxygens (including phenoxy) is 1. The number of carbonyl (C=O) groups excluding carboxylic acids is 1. The summed E-state index contributed by atoms with van der Waals surface area (Å²) in [5.41, 5.74) is 11.8. The van der Waals surface area contributed by atoms with E-state index in [0.29, 0.717) is 28.2 Å². The molecule has 0 unspecified atom stereocenters. The maximum atomic E-state index is 11.3. The molecule has 1 saturated heterocycles. The van der Waals surface area contributed by atoms with E-state index in [4.69, 9.17) is 15.9 Å². The van der Waals surface area contributed by atoms with Crippen molar-refractivity contribution >= 4 is 34.2 Å². The van der Waals surface area contributed by atoms with Crippen LogP contribution in [0.15, 0.2) is 48.5 Å². The minimum atomic E-state index is 0.307. The Balaban J connectivity index is 1.62. The van der Waals surface area contributed by atoms with Gasteiger partial charge >= 0.3 is 0 Å². The molecule has 0 saturated carbocycles. The number of nitrogens with zero attached hydrogens (tertiary/aromatic N) is 1. The molecule has 6 heteroatoms. The molecule has 0 atom stereocenters. The van der Waals surface area contributed by atoms with E-state index < -0.39 is 0 Å². The molecule has 2 heterocycles. The second kappa shape index (κ2) is 8.65. The van der Waals surface area contributed by atoms with Gasteiger partial charge in [0.1, 0.15) is 6.29 Å². The molecule has 0 bridgehead atoms. The molecular formula is C24H26N4O2. The van der Waals surface area contributed by atoms with Crippen molar-refractivity contribution in [3.05, 3.63) is 70.9 Å². The van der Waals surface area contributed by atoms with Crippen molar-refractivity contribution in [1.29, 1.82) is 5.41 Å². The Bertz CT molecular complexity index is 1120. The fourth-order valence-corrected chi connectivity index (χ4v) is 3.83. The SMILES string of the molecule is CC=C(C=O)c1ccc(N)c(C(=N)c2cc3cc(CN4CCOCC4)ccc3[nH]2)c1. The summed E-state index contributed by atoms with van der Waals surface area (Å²) in [5, 5.41) is 9.78. The summed E-state index contributed by atoms with van der Waals surface area (Å²) in [6.45, 7) is 6.18. The molecule has 1 aliphatic heterocycles. The van der Waals surface area contributed by atoms with Gasteiger partial charge in [-0.25, -0.2) is 0 Å². The fourth-order valence-electron chi connectivity index (χ4n) is 3.83. The van der Waals surface area contributed by atoms with Crippen LogP contribution in [0.4, 0.5) is 5.69 Å². The molecule has 0 amide bonds. The van der Waals surface area contributed by atoms with Gasteiger partial charge in [0, 0.05) is 47.4 Å². The van der Waals surface area contributed by atoms with Gasteiger partial charge in [-0.1, -0.05) is 18.2 Å². The quantitative estimate of drug-likeness (QED) is 0.254. The molecule has 1 aliphatic rings. The van der Waals surface area contributed by atoms with Crippen molar-refractivity contribution in [3.63, 3.8) is 0 Å². The number of fused-ring (bicyclic) bond motifs is 1. The number of morpholine rings is 1. The van der Waals surface area contributed by atoms with Crippen LogP contribution < -0.4 is 5.73 Å². The summed E-state index contributed by atoms with van der Waals surface area (Å²) in [6, 6.07) is 13.7. The predicted octanol–water partition coefficient (Wildman–Crippen LogP) is 3.60. The maximum Gasteiger partial charge on any atom is 0.150 e. The molecule has 0 radical (unpaired) electrons. The zero-order valence-corrected chi connectivity index (χ0v) is 17.1. The van der Waals surface area contributed by atoms with Crippen LogP contribution in [0.3, 0.4) is 0 Å². The largest absolute Gasteiger partial charge is 0.398 e. The predicted molar refractivity (Wildman–Crippen MR) is 121 cm³/mol. The van der Waals surface area contributed by atoms with Gasteiger partial charge < -0.3 is 15.5 Å². The van der Waals surface area contributed by atoms with Crippen LogP contribution in [0.25, 0.3) is 16.5 Å². The van der Waals surface area contributed by atoms with Crippen molar-refractivity contribution in [2.45, 2.75) is 13.5 Å². The second-order valence-corrected chi connectivity index (χ2v) is 7.53. The van der Waals surface area contributed by atoms with Gasteiger partial charge in [0.05, 0.1) is 24.6 Å². The standard InChI is InChI=1S/C24H26N4O2/c1-2-17(15-29)18-4-5-21(25)20(12-18)24(26)23-13-19-11-16(3-6-22(19)27-23)14-28-7-9-30-10-8-28/h2-6,11-13,15,26-27H,7-10,14,25H2,1H3. The molecular weight excluding hydrogens is 376 g/mol. The number of hydrogen-bond donors (Lipinski definition) is 3. The second-order valence-electron chi connectivity index (χ2n) is 7.53. The number of nitrogen functional groups attached to an aromatic ring is 1. The van der Waals surface area contributed by atoms with Crippen molar-refractivity contribution in [2.75, 3.05) is 32.0 Å². The van der Waals surface area contributed by atoms with Gasteiger partial charge in [-0.3, -0.25) is 15.1 Å². The minimum absolute atomic E-state index is 0.307. The van der Waals surface area contributed by atoms with Crippen LogP contribution >= 0.6 is 0 Å². The number of rotatable bonds is 6. The number of anilines is 1. The van der Waals surface area contributed by atoms with Gasteiger partial charge in [-0.2, -0.15) is 0 Å². The summed E-state index contributed by atoms with van der Waals surface area (Å²) >= 11 is 0. The topological polar surface area (TPSA) is 95.2 Å². The van der Waals surface area contributed by atoms with Crippen molar-refractivity contribution in [1.82, 2.24) is 9.88 Å². The Kier molecular flexibility index (Phi) is 5.79. The Morgan fingerprint density at radius 1 is 1.20 bits per heavy atom. The fraction of sp³-hybridized carbons (Fsp3) is 0.250. The molecule has 1 aromatic heterocycles. The van der Waals surface area contributed by atoms with Crippen LogP contribution in [0.1, 0.15) is 29.3 Å². The van der Waals surface area contributed by atoms with Crippen LogP contribution in [0.5, 0.6) is 0 Å². The number of aromatic amines is 1. The first-order valence-electron chi connectivity index (χ1n) is 10.1. The zero-order chi connectivity index (χ0) is 21.1. The van der Waals surface area contributed by atoms with Crippen LogP contribution in [-0.2, 0) is 16.1 Å². The number of aldehydes is 1. The Morgan fingerprint density at radius 3 is 2.73 bits per heavy atom. The molecule has 6 nitrogen and oxygen atoms in total. The number of allylic oxidation sites excluding steroid dienone is 2. The van der Waals surface area contributed by atoms with Gasteiger partial charge in [-0.15, -0.1) is 0 Å². The van der Waals surface area contributed by atoms with E-state index in [1.807, 2.05) is 13.0 Å². The molecule has 3 aromatic rings. The molecule has 154 valence electrons. The molecule has 2 aromatic carbocycles. The third-order valence-corrected chi connectivity index (χ3v) is 5.56. The number of nitrogens with one attached hydrogen (secondary N) is 2. The third kappa shape index (κ3) is 4.06. The lowest BCUT2D eigenvalue weighted by molar-refractivity contribution is -0.103.